The van der Waals surface area contributed by atoms with Crippen molar-refractivity contribution < 1.29 is 19.4 Å². The summed E-state index contributed by atoms with van der Waals surface area (Å²) in [6.45, 7) is 2.77. The first-order chi connectivity index (χ1) is 8.06. The van der Waals surface area contributed by atoms with Crippen LogP contribution in [0.4, 0.5) is 0 Å². The zero-order chi connectivity index (χ0) is 12.8. The molecule has 6 nitrogen and oxygen atoms in total. The van der Waals surface area contributed by atoms with Crippen LogP contribution in [0.5, 0.6) is 0 Å². The van der Waals surface area contributed by atoms with Gasteiger partial charge < -0.3 is 20.5 Å². The molecule has 0 bridgehead atoms. The molecule has 1 aliphatic rings. The van der Waals surface area contributed by atoms with Crippen LogP contribution in [0.15, 0.2) is 0 Å². The highest BCUT2D eigenvalue weighted by molar-refractivity contribution is 5.84. The summed E-state index contributed by atoms with van der Waals surface area (Å²) in [6.07, 6.45) is 1.89. The number of rotatable bonds is 5. The van der Waals surface area contributed by atoms with Crippen LogP contribution in [0.2, 0.25) is 0 Å². The lowest BCUT2D eigenvalue weighted by Crippen LogP contribution is -2.53. The summed E-state index contributed by atoms with van der Waals surface area (Å²) in [7, 11) is 0. The smallest absolute Gasteiger partial charge is 0.328 e. The van der Waals surface area contributed by atoms with E-state index < -0.39 is 12.0 Å². The monoisotopic (exact) mass is 244 g/mol. The minimum atomic E-state index is -1.03. The summed E-state index contributed by atoms with van der Waals surface area (Å²) in [5.74, 6) is -1.22. The standard InChI is InChI=1S/C11H20N2O4/c1-2-3-8(12)6-10(14)13-4-5-17-7-9(13)11(15)16/h8-9H,2-7,12H2,1H3,(H,15,16). The second-order valence-electron chi connectivity index (χ2n) is 4.27. The van der Waals surface area contributed by atoms with Gasteiger partial charge in [0.25, 0.3) is 0 Å². The molecule has 2 atom stereocenters. The Morgan fingerprint density at radius 3 is 2.88 bits per heavy atom. The molecule has 0 radical (unpaired) electrons. The number of morpholine rings is 1. The third-order valence-corrected chi connectivity index (χ3v) is 2.83. The van der Waals surface area contributed by atoms with Crippen LogP contribution in [0.1, 0.15) is 26.2 Å². The second kappa shape index (κ2) is 6.56. The highest BCUT2D eigenvalue weighted by Gasteiger charge is 2.32. The van der Waals surface area contributed by atoms with Crippen molar-refractivity contribution in [2.75, 3.05) is 19.8 Å². The first-order valence-electron chi connectivity index (χ1n) is 5.91. The average Bonchev–Trinajstić information content (AvgIpc) is 2.29. The molecule has 0 aromatic heterocycles. The molecule has 1 rings (SSSR count). The van der Waals surface area contributed by atoms with Crippen molar-refractivity contribution in [3.8, 4) is 0 Å². The Morgan fingerprint density at radius 1 is 1.59 bits per heavy atom. The van der Waals surface area contributed by atoms with Gasteiger partial charge in [-0.15, -0.1) is 0 Å². The zero-order valence-electron chi connectivity index (χ0n) is 10.1. The van der Waals surface area contributed by atoms with Gasteiger partial charge in [0, 0.05) is 19.0 Å². The quantitative estimate of drug-likeness (QED) is 0.699. The lowest BCUT2D eigenvalue weighted by molar-refractivity contribution is -0.158. The van der Waals surface area contributed by atoms with Crippen molar-refractivity contribution >= 4 is 11.9 Å². The summed E-state index contributed by atoms with van der Waals surface area (Å²) in [5, 5.41) is 8.99. The molecule has 0 saturated carbocycles. The number of aliphatic carboxylic acids is 1. The van der Waals surface area contributed by atoms with Gasteiger partial charge in [-0.3, -0.25) is 4.79 Å². The van der Waals surface area contributed by atoms with E-state index in [0.29, 0.717) is 13.2 Å². The Bertz CT molecular complexity index is 283. The molecule has 1 heterocycles. The Hall–Kier alpha value is -1.14. The maximum absolute atomic E-state index is 11.9. The van der Waals surface area contributed by atoms with E-state index in [2.05, 4.69) is 0 Å². The number of hydrogen-bond donors (Lipinski definition) is 2. The fraction of sp³-hybridized carbons (Fsp3) is 0.818. The van der Waals surface area contributed by atoms with Gasteiger partial charge in [0.2, 0.25) is 5.91 Å². The lowest BCUT2D eigenvalue weighted by Gasteiger charge is -2.33. The van der Waals surface area contributed by atoms with E-state index in [-0.39, 0.29) is 25.0 Å². The first kappa shape index (κ1) is 13.9. The number of carbonyl (C=O) groups excluding carboxylic acids is 1. The molecule has 0 spiro atoms. The van der Waals surface area contributed by atoms with Crippen molar-refractivity contribution in [3.63, 3.8) is 0 Å². The van der Waals surface area contributed by atoms with Gasteiger partial charge in [0.05, 0.1) is 13.2 Å². The normalized spacial score (nSPS) is 22.2. The van der Waals surface area contributed by atoms with Crippen LogP contribution in [-0.2, 0) is 14.3 Å². The molecule has 1 fully saturated rings. The Balaban J connectivity index is 2.56. The van der Waals surface area contributed by atoms with Crippen molar-refractivity contribution in [2.24, 2.45) is 5.73 Å². The molecular formula is C11H20N2O4. The van der Waals surface area contributed by atoms with Crippen LogP contribution in [-0.4, -0.2) is 53.7 Å². The molecule has 0 aliphatic carbocycles. The number of ether oxygens (including phenoxy) is 1. The molecular weight excluding hydrogens is 224 g/mol. The van der Waals surface area contributed by atoms with Gasteiger partial charge in [-0.05, 0) is 6.42 Å². The van der Waals surface area contributed by atoms with Crippen LogP contribution >= 0.6 is 0 Å². The molecule has 3 N–H and O–H groups in total. The highest BCUT2D eigenvalue weighted by Crippen LogP contribution is 2.11. The third kappa shape index (κ3) is 3.98. The zero-order valence-corrected chi connectivity index (χ0v) is 10.1. The molecule has 1 aliphatic heterocycles. The van der Waals surface area contributed by atoms with E-state index in [1.54, 1.807) is 0 Å². The Labute approximate surface area is 101 Å². The maximum atomic E-state index is 11.9. The SMILES string of the molecule is CCCC(N)CC(=O)N1CCOCC1C(=O)O. The number of amides is 1. The maximum Gasteiger partial charge on any atom is 0.328 e. The predicted molar refractivity (Wildman–Crippen MR) is 61.5 cm³/mol. The van der Waals surface area contributed by atoms with Crippen LogP contribution in [0.25, 0.3) is 0 Å². The number of carbonyl (C=O) groups is 2. The fourth-order valence-corrected chi connectivity index (χ4v) is 1.92. The summed E-state index contributed by atoms with van der Waals surface area (Å²) >= 11 is 0. The van der Waals surface area contributed by atoms with Crippen molar-refractivity contribution in [2.45, 2.75) is 38.3 Å². The Kier molecular flexibility index (Phi) is 5.37. The van der Waals surface area contributed by atoms with E-state index in [4.69, 9.17) is 15.6 Å². The molecule has 6 heteroatoms. The topological polar surface area (TPSA) is 92.9 Å². The number of carboxylic acid groups (broad SMARTS) is 1. The van der Waals surface area contributed by atoms with E-state index >= 15 is 0 Å². The van der Waals surface area contributed by atoms with Gasteiger partial charge in [0.15, 0.2) is 6.04 Å². The number of hydrogen-bond acceptors (Lipinski definition) is 4. The third-order valence-electron chi connectivity index (χ3n) is 2.83. The van der Waals surface area contributed by atoms with E-state index in [0.717, 1.165) is 12.8 Å². The van der Waals surface area contributed by atoms with Gasteiger partial charge in [-0.25, -0.2) is 4.79 Å². The second-order valence-corrected chi connectivity index (χ2v) is 4.27. The molecule has 0 aromatic carbocycles. The fourth-order valence-electron chi connectivity index (χ4n) is 1.92. The minimum Gasteiger partial charge on any atom is -0.480 e. The molecule has 0 aromatic rings. The van der Waals surface area contributed by atoms with Crippen molar-refractivity contribution in [1.82, 2.24) is 4.90 Å². The number of nitrogens with two attached hydrogens (primary N) is 1. The molecule has 17 heavy (non-hydrogen) atoms. The molecule has 1 saturated heterocycles. The molecule has 2 unspecified atom stereocenters. The summed E-state index contributed by atoms with van der Waals surface area (Å²) in [5.41, 5.74) is 5.79. The molecule has 98 valence electrons. The van der Waals surface area contributed by atoms with Crippen LogP contribution < -0.4 is 5.73 Å². The van der Waals surface area contributed by atoms with Crippen LogP contribution in [0, 0.1) is 0 Å². The van der Waals surface area contributed by atoms with Crippen molar-refractivity contribution in [3.05, 3.63) is 0 Å². The van der Waals surface area contributed by atoms with Gasteiger partial charge in [-0.1, -0.05) is 13.3 Å². The number of nitrogens with zero attached hydrogens (tertiary/aromatic N) is 1. The van der Waals surface area contributed by atoms with Gasteiger partial charge >= 0.3 is 5.97 Å². The van der Waals surface area contributed by atoms with Gasteiger partial charge in [-0.2, -0.15) is 0 Å². The average molecular weight is 244 g/mol. The van der Waals surface area contributed by atoms with Crippen molar-refractivity contribution in [1.29, 1.82) is 0 Å². The van der Waals surface area contributed by atoms with Crippen LogP contribution in [0.3, 0.4) is 0 Å². The lowest BCUT2D eigenvalue weighted by atomic mass is 10.1. The highest BCUT2D eigenvalue weighted by atomic mass is 16.5. The summed E-state index contributed by atoms with van der Waals surface area (Å²) < 4.78 is 5.07. The summed E-state index contributed by atoms with van der Waals surface area (Å²) in [4.78, 5) is 24.3. The van der Waals surface area contributed by atoms with E-state index in [1.165, 1.54) is 4.90 Å². The Morgan fingerprint density at radius 2 is 2.29 bits per heavy atom. The summed E-state index contributed by atoms with van der Waals surface area (Å²) in [6, 6.07) is -1.06. The molecule has 1 amide bonds. The van der Waals surface area contributed by atoms with Gasteiger partial charge in [0.1, 0.15) is 0 Å². The predicted octanol–water partition coefficient (Wildman–Crippen LogP) is -0.184. The number of carboxylic acids is 1. The van der Waals surface area contributed by atoms with E-state index in [1.807, 2.05) is 6.92 Å². The largest absolute Gasteiger partial charge is 0.480 e. The minimum absolute atomic E-state index is 0.0596. The van der Waals surface area contributed by atoms with E-state index in [9.17, 15) is 9.59 Å². The first-order valence-corrected chi connectivity index (χ1v) is 5.91.